The van der Waals surface area contributed by atoms with Gasteiger partial charge in [-0.15, -0.1) is 0 Å². The van der Waals surface area contributed by atoms with Gasteiger partial charge in [-0.25, -0.2) is 8.42 Å². The van der Waals surface area contributed by atoms with Gasteiger partial charge in [0, 0.05) is 4.47 Å². The number of halogens is 3. The van der Waals surface area contributed by atoms with Crippen molar-refractivity contribution in [1.82, 2.24) is 0 Å². The third kappa shape index (κ3) is 3.38. The van der Waals surface area contributed by atoms with Gasteiger partial charge in [0.2, 0.25) is 0 Å². The summed E-state index contributed by atoms with van der Waals surface area (Å²) >= 11 is 14.8. The van der Waals surface area contributed by atoms with Crippen molar-refractivity contribution in [2.24, 2.45) is 0 Å². The summed E-state index contributed by atoms with van der Waals surface area (Å²) in [5.74, 6) is 0. The number of hydrogen-bond donors (Lipinski definition) is 2. The monoisotopic (exact) mass is 394 g/mol. The summed E-state index contributed by atoms with van der Waals surface area (Å²) in [6.45, 7) is 0. The van der Waals surface area contributed by atoms with E-state index in [1.54, 1.807) is 18.2 Å². The van der Waals surface area contributed by atoms with Crippen LogP contribution in [0.25, 0.3) is 0 Å². The minimum Gasteiger partial charge on any atom is -0.397 e. The van der Waals surface area contributed by atoms with E-state index >= 15 is 0 Å². The Labute approximate surface area is 135 Å². The second-order valence-electron chi connectivity index (χ2n) is 3.92. The highest BCUT2D eigenvalue weighted by Crippen LogP contribution is 2.28. The maximum Gasteiger partial charge on any atom is 0.261 e. The van der Waals surface area contributed by atoms with Crippen molar-refractivity contribution in [3.63, 3.8) is 0 Å². The molecule has 0 radical (unpaired) electrons. The zero-order valence-electron chi connectivity index (χ0n) is 9.90. The van der Waals surface area contributed by atoms with Crippen LogP contribution in [0.3, 0.4) is 0 Å². The Morgan fingerprint density at radius 3 is 2.30 bits per heavy atom. The third-order valence-electron chi connectivity index (χ3n) is 2.45. The van der Waals surface area contributed by atoms with E-state index in [4.69, 9.17) is 28.9 Å². The Morgan fingerprint density at radius 1 is 1.05 bits per heavy atom. The Morgan fingerprint density at radius 2 is 1.70 bits per heavy atom. The van der Waals surface area contributed by atoms with Crippen molar-refractivity contribution in [2.75, 3.05) is 10.5 Å². The van der Waals surface area contributed by atoms with Gasteiger partial charge in [-0.05, 0) is 52.3 Å². The van der Waals surface area contributed by atoms with Gasteiger partial charge in [-0.2, -0.15) is 0 Å². The molecule has 0 saturated carbocycles. The van der Waals surface area contributed by atoms with E-state index in [9.17, 15) is 8.42 Å². The minimum atomic E-state index is -3.73. The van der Waals surface area contributed by atoms with Crippen molar-refractivity contribution in [3.05, 3.63) is 50.9 Å². The van der Waals surface area contributed by atoms with Crippen LogP contribution in [-0.4, -0.2) is 8.42 Å². The lowest BCUT2D eigenvalue weighted by Gasteiger charge is -2.10. The molecule has 0 bridgehead atoms. The number of nitrogen functional groups attached to an aromatic ring is 1. The van der Waals surface area contributed by atoms with Crippen LogP contribution in [0.4, 0.5) is 11.4 Å². The fourth-order valence-electron chi connectivity index (χ4n) is 1.46. The molecule has 0 amide bonds. The van der Waals surface area contributed by atoms with E-state index in [1.807, 2.05) is 0 Å². The second-order valence-corrected chi connectivity index (χ2v) is 7.27. The van der Waals surface area contributed by atoms with Gasteiger partial charge in [-0.1, -0.05) is 23.2 Å². The van der Waals surface area contributed by atoms with Crippen LogP contribution in [0.2, 0.25) is 10.0 Å². The lowest BCUT2D eigenvalue weighted by Crippen LogP contribution is -2.13. The molecule has 2 aromatic rings. The Hall–Kier alpha value is -0.950. The third-order valence-corrected chi connectivity index (χ3v) is 5.39. The summed E-state index contributed by atoms with van der Waals surface area (Å²) < 4.78 is 27.4. The quantitative estimate of drug-likeness (QED) is 0.767. The van der Waals surface area contributed by atoms with Crippen LogP contribution in [-0.2, 0) is 10.0 Å². The first-order valence-electron chi connectivity index (χ1n) is 5.32. The van der Waals surface area contributed by atoms with Crippen LogP contribution in [0.15, 0.2) is 45.8 Å². The molecule has 0 unspecified atom stereocenters. The van der Waals surface area contributed by atoms with Crippen molar-refractivity contribution in [3.8, 4) is 0 Å². The topological polar surface area (TPSA) is 72.2 Å². The van der Waals surface area contributed by atoms with Crippen molar-refractivity contribution in [2.45, 2.75) is 4.90 Å². The average Bonchev–Trinajstić information content (AvgIpc) is 2.37. The standard InChI is InChI=1S/C12H9BrCl2N2O2S/c13-9-5-7(1-3-10(9)14)17-20(18,19)8-2-4-11(15)12(16)6-8/h1-6,17H,16H2. The molecule has 8 heteroatoms. The molecular formula is C12H9BrCl2N2O2S. The number of nitrogens with one attached hydrogen (secondary N) is 1. The van der Waals surface area contributed by atoms with E-state index in [-0.39, 0.29) is 10.6 Å². The summed E-state index contributed by atoms with van der Waals surface area (Å²) in [6, 6.07) is 8.83. The number of benzene rings is 2. The Bertz CT molecular complexity index is 766. The van der Waals surface area contributed by atoms with Crippen LogP contribution in [0.1, 0.15) is 0 Å². The van der Waals surface area contributed by atoms with Crippen molar-refractivity contribution in [1.29, 1.82) is 0 Å². The first-order chi connectivity index (χ1) is 9.29. The van der Waals surface area contributed by atoms with Crippen LogP contribution in [0.5, 0.6) is 0 Å². The fourth-order valence-corrected chi connectivity index (χ4v) is 3.16. The Balaban J connectivity index is 2.35. The first-order valence-corrected chi connectivity index (χ1v) is 8.36. The molecular weight excluding hydrogens is 387 g/mol. The van der Waals surface area contributed by atoms with Gasteiger partial charge in [0.1, 0.15) is 0 Å². The summed E-state index contributed by atoms with van der Waals surface area (Å²) in [5, 5.41) is 0.793. The molecule has 0 fully saturated rings. The van der Waals surface area contributed by atoms with E-state index in [0.29, 0.717) is 20.2 Å². The molecule has 2 aromatic carbocycles. The minimum absolute atomic E-state index is 0.0328. The number of hydrogen-bond acceptors (Lipinski definition) is 3. The molecule has 0 aliphatic heterocycles. The zero-order chi connectivity index (χ0) is 14.9. The highest BCUT2D eigenvalue weighted by Gasteiger charge is 2.15. The molecule has 106 valence electrons. The number of anilines is 2. The molecule has 0 aliphatic carbocycles. The summed E-state index contributed by atoms with van der Waals surface area (Å²) in [6.07, 6.45) is 0. The smallest absolute Gasteiger partial charge is 0.261 e. The predicted octanol–water partition coefficient (Wildman–Crippen LogP) is 4.14. The van der Waals surface area contributed by atoms with Gasteiger partial charge < -0.3 is 5.73 Å². The number of nitrogens with two attached hydrogens (primary N) is 1. The predicted molar refractivity (Wildman–Crippen MR) is 85.8 cm³/mol. The van der Waals surface area contributed by atoms with E-state index < -0.39 is 10.0 Å². The van der Waals surface area contributed by atoms with Crippen LogP contribution in [0, 0.1) is 0 Å². The van der Waals surface area contributed by atoms with E-state index in [2.05, 4.69) is 20.7 Å². The molecule has 0 atom stereocenters. The lowest BCUT2D eigenvalue weighted by atomic mass is 10.3. The normalized spacial score (nSPS) is 11.3. The zero-order valence-corrected chi connectivity index (χ0v) is 13.8. The maximum atomic E-state index is 12.2. The molecule has 0 spiro atoms. The van der Waals surface area contributed by atoms with Gasteiger partial charge in [0.15, 0.2) is 0 Å². The van der Waals surface area contributed by atoms with E-state index in [1.165, 1.54) is 18.2 Å². The van der Waals surface area contributed by atoms with Crippen LogP contribution >= 0.6 is 39.1 Å². The molecule has 0 heterocycles. The SMILES string of the molecule is Nc1cc(S(=O)(=O)Nc2ccc(Cl)c(Br)c2)ccc1Cl. The molecule has 0 saturated heterocycles. The van der Waals surface area contributed by atoms with Crippen molar-refractivity contribution >= 4 is 60.5 Å². The Kier molecular flexibility index (Phi) is 4.49. The molecule has 4 nitrogen and oxygen atoms in total. The van der Waals surface area contributed by atoms with Gasteiger partial charge >= 0.3 is 0 Å². The second kappa shape index (κ2) is 5.81. The largest absolute Gasteiger partial charge is 0.397 e. The van der Waals surface area contributed by atoms with Gasteiger partial charge in [0.05, 0.1) is 26.3 Å². The van der Waals surface area contributed by atoms with Crippen molar-refractivity contribution < 1.29 is 8.42 Å². The summed E-state index contributed by atoms with van der Waals surface area (Å²) in [4.78, 5) is 0.0328. The summed E-state index contributed by atoms with van der Waals surface area (Å²) in [5.41, 5.74) is 6.19. The lowest BCUT2D eigenvalue weighted by molar-refractivity contribution is 0.601. The average molecular weight is 396 g/mol. The maximum absolute atomic E-state index is 12.2. The highest BCUT2D eigenvalue weighted by molar-refractivity contribution is 9.10. The number of sulfonamides is 1. The summed E-state index contributed by atoms with van der Waals surface area (Å²) in [7, 11) is -3.73. The molecule has 0 aromatic heterocycles. The van der Waals surface area contributed by atoms with Crippen LogP contribution < -0.4 is 10.5 Å². The number of rotatable bonds is 3. The molecule has 20 heavy (non-hydrogen) atoms. The fraction of sp³-hybridized carbons (Fsp3) is 0. The van der Waals surface area contributed by atoms with Gasteiger partial charge in [-0.3, -0.25) is 4.72 Å². The first kappa shape index (κ1) is 15.4. The van der Waals surface area contributed by atoms with Gasteiger partial charge in [0.25, 0.3) is 10.0 Å². The highest BCUT2D eigenvalue weighted by atomic mass is 79.9. The van der Waals surface area contributed by atoms with E-state index in [0.717, 1.165) is 0 Å². The molecule has 2 rings (SSSR count). The molecule has 3 N–H and O–H groups in total. The molecule has 0 aliphatic rings.